The lowest BCUT2D eigenvalue weighted by molar-refractivity contribution is -0.133. The van der Waals surface area contributed by atoms with Crippen LogP contribution in [0.4, 0.5) is 0 Å². The van der Waals surface area contributed by atoms with E-state index in [-0.39, 0.29) is 17.8 Å². The van der Waals surface area contributed by atoms with Gasteiger partial charge in [0.05, 0.1) is 6.07 Å². The zero-order chi connectivity index (χ0) is 15.0. The average Bonchev–Trinajstić information content (AvgIpc) is 2.82. The van der Waals surface area contributed by atoms with E-state index in [9.17, 15) is 9.59 Å². The van der Waals surface area contributed by atoms with E-state index >= 15 is 0 Å². The molecule has 3 unspecified atom stereocenters. The monoisotopic (exact) mass is 287 g/mol. The van der Waals surface area contributed by atoms with Crippen LogP contribution in [0.5, 0.6) is 0 Å². The molecule has 0 radical (unpaired) electrons. The molecule has 3 saturated carbocycles. The topological polar surface area (TPSA) is 57.9 Å². The fourth-order valence-electron chi connectivity index (χ4n) is 5.48. The molecule has 6 atom stereocenters. The second kappa shape index (κ2) is 5.91. The number of fused-ring (bicyclic) bond motifs is 3. The Bertz CT molecular complexity index is 478. The van der Waals surface area contributed by atoms with Crippen molar-refractivity contribution in [3.63, 3.8) is 0 Å². The summed E-state index contributed by atoms with van der Waals surface area (Å²) < 4.78 is 0. The smallest absolute Gasteiger partial charge is 0.139 e. The maximum atomic E-state index is 12.5. The third-order valence-electron chi connectivity index (χ3n) is 6.47. The first-order valence-corrected chi connectivity index (χ1v) is 8.60. The highest BCUT2D eigenvalue weighted by molar-refractivity contribution is 5.86. The van der Waals surface area contributed by atoms with Gasteiger partial charge in [0.15, 0.2) is 0 Å². The Labute approximate surface area is 127 Å². The SMILES string of the molecule is CC[C@@H]1C[C@@H]2C3CCC(=O)C(CCC#N)C3CC[C@@H]2C1=O. The third-order valence-corrected chi connectivity index (χ3v) is 6.47. The van der Waals surface area contributed by atoms with Crippen molar-refractivity contribution < 1.29 is 9.59 Å². The lowest BCUT2D eigenvalue weighted by Crippen LogP contribution is -2.43. The van der Waals surface area contributed by atoms with Crippen molar-refractivity contribution in [2.75, 3.05) is 0 Å². The number of hydrogen-bond acceptors (Lipinski definition) is 3. The highest BCUT2D eigenvalue weighted by Crippen LogP contribution is 2.54. The van der Waals surface area contributed by atoms with E-state index in [1.165, 1.54) is 0 Å². The largest absolute Gasteiger partial charge is 0.299 e. The van der Waals surface area contributed by atoms with Crippen molar-refractivity contribution in [3.05, 3.63) is 0 Å². The maximum Gasteiger partial charge on any atom is 0.139 e. The van der Waals surface area contributed by atoms with E-state index in [0.717, 1.165) is 38.5 Å². The Morgan fingerprint density at radius 1 is 1.14 bits per heavy atom. The molecule has 3 heteroatoms. The predicted octanol–water partition coefficient (Wildman–Crippen LogP) is 3.53. The molecule has 0 amide bonds. The number of carbonyl (C=O) groups is 2. The average molecular weight is 287 g/mol. The summed E-state index contributed by atoms with van der Waals surface area (Å²) in [6, 6.07) is 2.19. The molecule has 3 nitrogen and oxygen atoms in total. The van der Waals surface area contributed by atoms with Crippen LogP contribution in [0.15, 0.2) is 0 Å². The van der Waals surface area contributed by atoms with Gasteiger partial charge in [-0.15, -0.1) is 0 Å². The Morgan fingerprint density at radius 3 is 2.67 bits per heavy atom. The molecule has 0 aromatic carbocycles. The zero-order valence-electron chi connectivity index (χ0n) is 12.9. The van der Waals surface area contributed by atoms with Gasteiger partial charge >= 0.3 is 0 Å². The quantitative estimate of drug-likeness (QED) is 0.798. The zero-order valence-corrected chi connectivity index (χ0v) is 12.9. The standard InChI is InChI=1S/C18H25NO2/c1-2-11-10-16-13-7-8-17(20)14(4-3-9-19)12(13)5-6-15(16)18(11)21/h11-16H,2-8,10H2,1H3/t11-,12?,13?,14?,15+,16-/m1/s1. The molecule has 0 bridgehead atoms. The van der Waals surface area contributed by atoms with Crippen molar-refractivity contribution in [1.82, 2.24) is 0 Å². The maximum absolute atomic E-state index is 12.5. The van der Waals surface area contributed by atoms with E-state index in [1.54, 1.807) is 0 Å². The van der Waals surface area contributed by atoms with E-state index < -0.39 is 0 Å². The summed E-state index contributed by atoms with van der Waals surface area (Å²) in [6.45, 7) is 2.12. The number of Topliss-reactive ketones (excluding diaryl/α,β-unsaturated/α-hetero) is 2. The lowest BCUT2D eigenvalue weighted by atomic mass is 9.58. The van der Waals surface area contributed by atoms with Gasteiger partial charge in [0, 0.05) is 30.6 Å². The van der Waals surface area contributed by atoms with Gasteiger partial charge in [0.1, 0.15) is 11.6 Å². The van der Waals surface area contributed by atoms with Crippen LogP contribution in [0.25, 0.3) is 0 Å². The summed E-state index contributed by atoms with van der Waals surface area (Å²) in [7, 11) is 0. The fourth-order valence-corrected chi connectivity index (χ4v) is 5.48. The molecule has 0 saturated heterocycles. The predicted molar refractivity (Wildman–Crippen MR) is 79.2 cm³/mol. The molecule has 114 valence electrons. The van der Waals surface area contributed by atoms with Gasteiger partial charge < -0.3 is 0 Å². The molecule has 3 rings (SSSR count). The Balaban J connectivity index is 1.78. The van der Waals surface area contributed by atoms with Crippen molar-refractivity contribution in [3.8, 4) is 6.07 Å². The number of hydrogen-bond donors (Lipinski definition) is 0. The van der Waals surface area contributed by atoms with Gasteiger partial charge in [-0.3, -0.25) is 9.59 Å². The van der Waals surface area contributed by atoms with Crippen LogP contribution in [0, 0.1) is 46.8 Å². The lowest BCUT2D eigenvalue weighted by Gasteiger charge is -2.45. The molecule has 0 aliphatic heterocycles. The van der Waals surface area contributed by atoms with Crippen molar-refractivity contribution in [1.29, 1.82) is 5.26 Å². The number of rotatable bonds is 3. The molecule has 3 fully saturated rings. The first-order valence-electron chi connectivity index (χ1n) is 8.60. The Hall–Kier alpha value is -1.17. The number of nitriles is 1. The van der Waals surface area contributed by atoms with Crippen LogP contribution in [0.1, 0.15) is 58.3 Å². The van der Waals surface area contributed by atoms with Crippen molar-refractivity contribution in [2.24, 2.45) is 35.5 Å². The van der Waals surface area contributed by atoms with Gasteiger partial charge in [0.25, 0.3) is 0 Å². The van der Waals surface area contributed by atoms with E-state index in [2.05, 4.69) is 13.0 Å². The summed E-state index contributed by atoms with van der Waals surface area (Å²) in [5.41, 5.74) is 0. The van der Waals surface area contributed by atoms with Gasteiger partial charge in [-0.1, -0.05) is 6.92 Å². The van der Waals surface area contributed by atoms with Crippen LogP contribution in [0.2, 0.25) is 0 Å². The van der Waals surface area contributed by atoms with Gasteiger partial charge in [-0.25, -0.2) is 0 Å². The number of ketones is 2. The number of carbonyl (C=O) groups excluding carboxylic acids is 2. The Kier molecular flexibility index (Phi) is 4.15. The highest BCUT2D eigenvalue weighted by Gasteiger charge is 2.52. The van der Waals surface area contributed by atoms with Gasteiger partial charge in [-0.05, 0) is 56.3 Å². The molecular weight excluding hydrogens is 262 g/mol. The summed E-state index contributed by atoms with van der Waals surface area (Å²) in [4.78, 5) is 24.7. The van der Waals surface area contributed by atoms with Gasteiger partial charge in [-0.2, -0.15) is 5.26 Å². The molecule has 3 aliphatic rings. The van der Waals surface area contributed by atoms with Crippen LogP contribution >= 0.6 is 0 Å². The molecule has 0 aromatic rings. The van der Waals surface area contributed by atoms with Crippen LogP contribution in [-0.2, 0) is 9.59 Å². The second-order valence-electron chi connectivity index (χ2n) is 7.23. The minimum atomic E-state index is 0.0973. The molecular formula is C18H25NO2. The molecule has 21 heavy (non-hydrogen) atoms. The van der Waals surface area contributed by atoms with E-state index in [4.69, 9.17) is 5.26 Å². The van der Waals surface area contributed by atoms with E-state index in [1.807, 2.05) is 0 Å². The first kappa shape index (κ1) is 14.8. The molecule has 0 N–H and O–H groups in total. The van der Waals surface area contributed by atoms with Crippen LogP contribution in [-0.4, -0.2) is 11.6 Å². The minimum Gasteiger partial charge on any atom is -0.299 e. The van der Waals surface area contributed by atoms with Crippen molar-refractivity contribution >= 4 is 11.6 Å². The first-order chi connectivity index (χ1) is 10.2. The normalized spacial score (nSPS) is 42.3. The molecule has 0 aromatic heterocycles. The third kappa shape index (κ3) is 2.43. The van der Waals surface area contributed by atoms with Crippen LogP contribution < -0.4 is 0 Å². The summed E-state index contributed by atoms with van der Waals surface area (Å²) >= 11 is 0. The van der Waals surface area contributed by atoms with E-state index in [0.29, 0.717) is 42.2 Å². The highest BCUT2D eigenvalue weighted by atomic mass is 16.1. The van der Waals surface area contributed by atoms with Crippen LogP contribution in [0.3, 0.4) is 0 Å². The number of nitrogens with zero attached hydrogens (tertiary/aromatic N) is 1. The molecule has 0 spiro atoms. The minimum absolute atomic E-state index is 0.0973. The second-order valence-corrected chi connectivity index (χ2v) is 7.23. The molecule has 0 heterocycles. The Morgan fingerprint density at radius 2 is 1.95 bits per heavy atom. The fraction of sp³-hybridized carbons (Fsp3) is 0.833. The summed E-state index contributed by atoms with van der Waals surface area (Å²) in [6.07, 6.45) is 6.92. The van der Waals surface area contributed by atoms with Gasteiger partial charge in [0.2, 0.25) is 0 Å². The summed E-state index contributed by atoms with van der Waals surface area (Å²) in [5, 5.41) is 8.82. The van der Waals surface area contributed by atoms with Crippen molar-refractivity contribution in [2.45, 2.75) is 58.3 Å². The molecule has 3 aliphatic carbocycles. The summed E-state index contributed by atoms with van der Waals surface area (Å²) in [5.74, 6) is 3.07.